The third-order valence-electron chi connectivity index (χ3n) is 3.26. The van der Waals surface area contributed by atoms with Gasteiger partial charge >= 0.3 is 12.1 Å². The fourth-order valence-electron chi connectivity index (χ4n) is 1.99. The first-order chi connectivity index (χ1) is 10.5. The van der Waals surface area contributed by atoms with Crippen LogP contribution in [0.5, 0.6) is 0 Å². The molecule has 2 heterocycles. The summed E-state index contributed by atoms with van der Waals surface area (Å²) in [5.74, 6) is -1.16. The second-order valence-electron chi connectivity index (χ2n) is 5.32. The molecule has 2 saturated heterocycles. The van der Waals surface area contributed by atoms with Gasteiger partial charge in [-0.15, -0.1) is 0 Å². The summed E-state index contributed by atoms with van der Waals surface area (Å²) in [6, 6.07) is 0. The van der Waals surface area contributed by atoms with Gasteiger partial charge in [0, 0.05) is 6.42 Å². The largest absolute Gasteiger partial charge is 0.508 e. The maximum absolute atomic E-state index is 11.3. The van der Waals surface area contributed by atoms with Crippen LogP contribution in [0.2, 0.25) is 0 Å². The van der Waals surface area contributed by atoms with Gasteiger partial charge in [0.15, 0.2) is 5.79 Å². The fraction of sp³-hybridized carbons (Fsp3) is 0.857. The van der Waals surface area contributed by atoms with Crippen molar-refractivity contribution in [3.8, 4) is 0 Å². The van der Waals surface area contributed by atoms with E-state index >= 15 is 0 Å². The predicted molar refractivity (Wildman–Crippen MR) is 72.1 cm³/mol. The van der Waals surface area contributed by atoms with E-state index in [1.54, 1.807) is 13.8 Å². The number of carbonyl (C=O) groups is 2. The van der Waals surface area contributed by atoms with E-state index in [1.165, 1.54) is 0 Å². The van der Waals surface area contributed by atoms with E-state index in [-0.39, 0.29) is 37.8 Å². The molecular weight excluding hydrogens is 296 g/mol. The molecule has 0 saturated carbocycles. The van der Waals surface area contributed by atoms with Crippen LogP contribution in [0.25, 0.3) is 0 Å². The molecule has 2 aliphatic rings. The average Bonchev–Trinajstić information content (AvgIpc) is 3.24. The van der Waals surface area contributed by atoms with Crippen molar-refractivity contribution in [1.82, 2.24) is 0 Å². The zero-order valence-corrected chi connectivity index (χ0v) is 12.9. The minimum Gasteiger partial charge on any atom is -0.466 e. The summed E-state index contributed by atoms with van der Waals surface area (Å²) >= 11 is 0. The lowest BCUT2D eigenvalue weighted by Crippen LogP contribution is -2.29. The highest BCUT2D eigenvalue weighted by Crippen LogP contribution is 2.28. The normalized spacial score (nSPS) is 29.9. The Morgan fingerprint density at radius 1 is 1.14 bits per heavy atom. The molecule has 2 rings (SSSR count). The summed E-state index contributed by atoms with van der Waals surface area (Å²) in [6.45, 7) is 5.00. The molecule has 2 aliphatic heterocycles. The molecular formula is C14H22O8. The number of hydrogen-bond donors (Lipinski definition) is 0. The van der Waals surface area contributed by atoms with Crippen LogP contribution in [0.4, 0.5) is 4.79 Å². The van der Waals surface area contributed by atoms with Crippen molar-refractivity contribution in [1.29, 1.82) is 0 Å². The molecule has 0 spiro atoms. The van der Waals surface area contributed by atoms with Crippen molar-refractivity contribution in [3.05, 3.63) is 0 Å². The Balaban J connectivity index is 1.61. The summed E-state index contributed by atoms with van der Waals surface area (Å²) in [5.41, 5.74) is 0. The molecule has 0 aromatic heterocycles. The summed E-state index contributed by atoms with van der Waals surface area (Å²) < 4.78 is 30.8. The summed E-state index contributed by atoms with van der Waals surface area (Å²) in [7, 11) is 0. The monoisotopic (exact) mass is 318 g/mol. The van der Waals surface area contributed by atoms with E-state index in [9.17, 15) is 9.59 Å². The third kappa shape index (κ3) is 5.78. The number of epoxide rings is 1. The molecule has 8 heteroatoms. The van der Waals surface area contributed by atoms with Crippen LogP contribution in [-0.4, -0.2) is 63.2 Å². The number of ether oxygens (including phenoxy) is 6. The SMILES string of the molecule is CCOC(=O)CCC1(C)OCC(COC(=O)OCC2CO2)O1. The summed E-state index contributed by atoms with van der Waals surface area (Å²) in [6.07, 6.45) is -0.534. The number of carbonyl (C=O) groups excluding carboxylic acids is 2. The molecule has 8 nitrogen and oxygen atoms in total. The number of esters is 1. The zero-order valence-electron chi connectivity index (χ0n) is 12.9. The standard InChI is InChI=1S/C14H22O8/c1-3-17-12(15)4-5-14(2)21-9-11(22-14)8-20-13(16)19-7-10-6-18-10/h10-11H,3-9H2,1-2H3. The van der Waals surface area contributed by atoms with Crippen molar-refractivity contribution in [3.63, 3.8) is 0 Å². The van der Waals surface area contributed by atoms with Gasteiger partial charge in [-0.3, -0.25) is 4.79 Å². The molecule has 126 valence electrons. The molecule has 22 heavy (non-hydrogen) atoms. The Morgan fingerprint density at radius 2 is 1.82 bits per heavy atom. The first kappa shape index (κ1) is 17.0. The van der Waals surface area contributed by atoms with Gasteiger partial charge in [-0.1, -0.05) is 0 Å². The summed E-state index contributed by atoms with van der Waals surface area (Å²) in [5, 5.41) is 0. The van der Waals surface area contributed by atoms with Gasteiger partial charge in [-0.25, -0.2) is 4.79 Å². The molecule has 3 unspecified atom stereocenters. The highest BCUT2D eigenvalue weighted by Gasteiger charge is 2.38. The van der Waals surface area contributed by atoms with Gasteiger partial charge in [0.25, 0.3) is 0 Å². The van der Waals surface area contributed by atoms with Gasteiger partial charge in [0.1, 0.15) is 25.4 Å². The van der Waals surface area contributed by atoms with Crippen molar-refractivity contribution < 1.29 is 38.0 Å². The maximum atomic E-state index is 11.3. The first-order valence-corrected chi connectivity index (χ1v) is 7.39. The molecule has 0 bridgehead atoms. The molecule has 0 amide bonds. The van der Waals surface area contributed by atoms with Crippen molar-refractivity contribution in [2.45, 2.75) is 44.7 Å². The van der Waals surface area contributed by atoms with Crippen molar-refractivity contribution >= 4 is 12.1 Å². The Bertz CT molecular complexity index is 394. The van der Waals surface area contributed by atoms with Gasteiger partial charge < -0.3 is 28.4 Å². The molecule has 0 aromatic carbocycles. The van der Waals surface area contributed by atoms with E-state index < -0.39 is 11.9 Å². The molecule has 0 aliphatic carbocycles. The Morgan fingerprint density at radius 3 is 2.45 bits per heavy atom. The highest BCUT2D eigenvalue weighted by atomic mass is 16.8. The lowest BCUT2D eigenvalue weighted by molar-refractivity contribution is -0.170. The van der Waals surface area contributed by atoms with Crippen LogP contribution < -0.4 is 0 Å². The molecule has 0 aromatic rings. The van der Waals surface area contributed by atoms with Crippen molar-refractivity contribution in [2.24, 2.45) is 0 Å². The van der Waals surface area contributed by atoms with E-state index in [1.807, 2.05) is 0 Å². The Labute approximate surface area is 128 Å². The zero-order chi connectivity index (χ0) is 16.0. The van der Waals surface area contributed by atoms with Crippen LogP contribution in [0, 0.1) is 0 Å². The molecule has 2 fully saturated rings. The lowest BCUT2D eigenvalue weighted by Gasteiger charge is -2.22. The van der Waals surface area contributed by atoms with Crippen LogP contribution in [0.15, 0.2) is 0 Å². The molecule has 3 atom stereocenters. The Hall–Kier alpha value is -1.38. The van der Waals surface area contributed by atoms with Crippen LogP contribution in [0.1, 0.15) is 26.7 Å². The Kier molecular flexibility index (Phi) is 5.98. The second kappa shape index (κ2) is 7.75. The van der Waals surface area contributed by atoms with Crippen LogP contribution in [-0.2, 0) is 33.2 Å². The number of rotatable bonds is 8. The first-order valence-electron chi connectivity index (χ1n) is 7.39. The highest BCUT2D eigenvalue weighted by molar-refractivity contribution is 5.69. The molecule has 0 radical (unpaired) electrons. The van der Waals surface area contributed by atoms with E-state index in [0.717, 1.165) is 0 Å². The fourth-order valence-corrected chi connectivity index (χ4v) is 1.99. The number of hydrogen-bond acceptors (Lipinski definition) is 8. The topological polar surface area (TPSA) is 92.8 Å². The van der Waals surface area contributed by atoms with Gasteiger partial charge in [-0.05, 0) is 13.8 Å². The van der Waals surface area contributed by atoms with E-state index in [4.69, 9.17) is 28.4 Å². The minimum absolute atomic E-state index is 0.00443. The average molecular weight is 318 g/mol. The lowest BCUT2D eigenvalue weighted by atomic mass is 10.2. The second-order valence-corrected chi connectivity index (χ2v) is 5.32. The predicted octanol–water partition coefficient (Wildman–Crippen LogP) is 1.01. The maximum Gasteiger partial charge on any atom is 0.508 e. The quantitative estimate of drug-likeness (QED) is 0.483. The van der Waals surface area contributed by atoms with Crippen LogP contribution in [0.3, 0.4) is 0 Å². The minimum atomic E-state index is -0.869. The van der Waals surface area contributed by atoms with Gasteiger partial charge in [-0.2, -0.15) is 0 Å². The van der Waals surface area contributed by atoms with Gasteiger partial charge in [0.05, 0.1) is 26.2 Å². The van der Waals surface area contributed by atoms with Gasteiger partial charge in [0.2, 0.25) is 0 Å². The van der Waals surface area contributed by atoms with E-state index in [0.29, 0.717) is 26.2 Å². The van der Waals surface area contributed by atoms with E-state index in [2.05, 4.69) is 0 Å². The van der Waals surface area contributed by atoms with Crippen molar-refractivity contribution in [2.75, 3.05) is 33.0 Å². The van der Waals surface area contributed by atoms with Crippen LogP contribution >= 0.6 is 0 Å². The smallest absolute Gasteiger partial charge is 0.466 e. The summed E-state index contributed by atoms with van der Waals surface area (Å²) in [4.78, 5) is 22.7. The molecule has 0 N–H and O–H groups in total. The third-order valence-corrected chi connectivity index (χ3v) is 3.26.